The molecule has 3 rings (SSSR count). The molecule has 1 aliphatic rings. The molecular formula is C13H13Cl2FN4O2S. The van der Waals surface area contributed by atoms with Gasteiger partial charge in [0.05, 0.1) is 24.7 Å². The van der Waals surface area contributed by atoms with E-state index in [1.54, 1.807) is 11.2 Å². The minimum atomic E-state index is -0.739. The summed E-state index contributed by atoms with van der Waals surface area (Å²) in [6.45, 7) is 1.43. The molecule has 1 aliphatic heterocycles. The molecular weight excluding hydrogens is 366 g/mol. The molecule has 0 saturated carbocycles. The van der Waals surface area contributed by atoms with Gasteiger partial charge in [0, 0.05) is 13.1 Å². The summed E-state index contributed by atoms with van der Waals surface area (Å²) in [5.41, 5.74) is 0.0176. The molecule has 3 heterocycles. The van der Waals surface area contributed by atoms with Crippen LogP contribution in [0.4, 0.5) is 10.2 Å². The molecule has 2 aromatic heterocycles. The zero-order valence-corrected chi connectivity index (χ0v) is 14.4. The summed E-state index contributed by atoms with van der Waals surface area (Å²) in [7, 11) is 0. The van der Waals surface area contributed by atoms with Gasteiger partial charge in [-0.25, -0.2) is 19.3 Å². The van der Waals surface area contributed by atoms with Crippen LogP contribution in [0, 0.1) is 5.82 Å². The van der Waals surface area contributed by atoms with Gasteiger partial charge in [-0.2, -0.15) is 0 Å². The predicted octanol–water partition coefficient (Wildman–Crippen LogP) is 2.39. The highest BCUT2D eigenvalue weighted by atomic mass is 35.5. The number of anilines is 1. The molecule has 6 nitrogen and oxygen atoms in total. The van der Waals surface area contributed by atoms with Crippen LogP contribution < -0.4 is 4.90 Å². The Labute approximate surface area is 146 Å². The fourth-order valence-electron chi connectivity index (χ4n) is 2.37. The van der Waals surface area contributed by atoms with Crippen LogP contribution in [0.3, 0.4) is 0 Å². The van der Waals surface area contributed by atoms with Crippen LogP contribution in [-0.2, 0) is 4.74 Å². The third-order valence-electron chi connectivity index (χ3n) is 3.39. The molecule has 0 aromatic carbocycles. The second kappa shape index (κ2) is 6.90. The molecule has 1 fully saturated rings. The minimum Gasteiger partial charge on any atom is -0.389 e. The summed E-state index contributed by atoms with van der Waals surface area (Å²) in [6.07, 6.45) is 1.11. The summed E-state index contributed by atoms with van der Waals surface area (Å²) in [6, 6.07) is 0. The quantitative estimate of drug-likeness (QED) is 0.488. The zero-order chi connectivity index (χ0) is 16.6. The van der Waals surface area contributed by atoms with Crippen molar-refractivity contribution >= 4 is 51.7 Å². The van der Waals surface area contributed by atoms with Crippen molar-refractivity contribution in [2.45, 2.75) is 11.3 Å². The number of rotatable bonds is 2. The van der Waals surface area contributed by atoms with Crippen molar-refractivity contribution in [2.75, 3.05) is 37.5 Å². The highest BCUT2D eigenvalue weighted by molar-refractivity contribution is 7.98. The van der Waals surface area contributed by atoms with E-state index in [0.717, 1.165) is 0 Å². The molecule has 0 spiro atoms. The number of halogens is 3. The van der Waals surface area contributed by atoms with Gasteiger partial charge >= 0.3 is 0 Å². The van der Waals surface area contributed by atoms with Gasteiger partial charge < -0.3 is 14.7 Å². The lowest BCUT2D eigenvalue weighted by Crippen LogP contribution is -2.33. The van der Waals surface area contributed by atoms with Crippen molar-refractivity contribution < 1.29 is 14.2 Å². The number of pyridine rings is 1. The van der Waals surface area contributed by atoms with E-state index in [1.165, 1.54) is 11.8 Å². The van der Waals surface area contributed by atoms with Crippen LogP contribution in [0.2, 0.25) is 10.3 Å². The lowest BCUT2D eigenvalue weighted by molar-refractivity contribution is 0.0597. The monoisotopic (exact) mass is 378 g/mol. The molecule has 1 unspecified atom stereocenters. The standard InChI is InChI=1S/C13H13Cl2FN4O2S/c1-23-13-17-9-7(10(14)18-11(15)8(9)16)12(19-13)20-2-3-22-5-6(21)4-20/h6,21H,2-5H2,1H3. The van der Waals surface area contributed by atoms with E-state index >= 15 is 0 Å². The van der Waals surface area contributed by atoms with Gasteiger partial charge in [-0.1, -0.05) is 35.0 Å². The number of ether oxygens (including phenoxy) is 1. The van der Waals surface area contributed by atoms with Crippen molar-refractivity contribution in [3.63, 3.8) is 0 Å². The Balaban J connectivity index is 2.24. The number of aliphatic hydroxyl groups excluding tert-OH is 1. The van der Waals surface area contributed by atoms with E-state index in [0.29, 0.717) is 30.7 Å². The Morgan fingerprint density at radius 2 is 2.09 bits per heavy atom. The molecule has 0 bridgehead atoms. The maximum absolute atomic E-state index is 14.4. The Hall–Kier alpha value is -0.930. The predicted molar refractivity (Wildman–Crippen MR) is 88.1 cm³/mol. The van der Waals surface area contributed by atoms with Crippen LogP contribution in [0.5, 0.6) is 0 Å². The van der Waals surface area contributed by atoms with Crippen LogP contribution in [0.25, 0.3) is 10.9 Å². The molecule has 10 heteroatoms. The highest BCUT2D eigenvalue weighted by Crippen LogP contribution is 2.35. The van der Waals surface area contributed by atoms with Gasteiger partial charge in [0.2, 0.25) is 0 Å². The van der Waals surface area contributed by atoms with Gasteiger partial charge in [-0.05, 0) is 6.26 Å². The SMILES string of the molecule is CSc1nc(N2CCOCC(O)C2)c2c(Cl)nc(Cl)c(F)c2n1. The number of thioether (sulfide) groups is 1. The first-order valence-corrected chi connectivity index (χ1v) is 8.76. The summed E-state index contributed by atoms with van der Waals surface area (Å²) in [5, 5.41) is 10.3. The zero-order valence-electron chi connectivity index (χ0n) is 12.1. The average Bonchev–Trinajstić information content (AvgIpc) is 2.76. The van der Waals surface area contributed by atoms with Gasteiger partial charge in [-0.3, -0.25) is 0 Å². The number of hydrogen-bond acceptors (Lipinski definition) is 7. The fourth-order valence-corrected chi connectivity index (χ4v) is 3.21. The second-order valence-electron chi connectivity index (χ2n) is 4.94. The highest BCUT2D eigenvalue weighted by Gasteiger charge is 2.25. The number of aliphatic hydroxyl groups is 1. The molecule has 0 aliphatic carbocycles. The number of aromatic nitrogens is 3. The van der Waals surface area contributed by atoms with E-state index in [-0.39, 0.29) is 27.8 Å². The molecule has 1 atom stereocenters. The van der Waals surface area contributed by atoms with Crippen molar-refractivity contribution in [3.05, 3.63) is 16.1 Å². The van der Waals surface area contributed by atoms with E-state index in [4.69, 9.17) is 27.9 Å². The average molecular weight is 379 g/mol. The van der Waals surface area contributed by atoms with Crippen LogP contribution in [0.1, 0.15) is 0 Å². The Kier molecular flexibility index (Phi) is 5.07. The minimum absolute atomic E-state index is 0.0176. The molecule has 1 N–H and O–H groups in total. The molecule has 0 radical (unpaired) electrons. The maximum Gasteiger partial charge on any atom is 0.189 e. The maximum atomic E-state index is 14.4. The Morgan fingerprint density at radius 3 is 2.83 bits per heavy atom. The lowest BCUT2D eigenvalue weighted by Gasteiger charge is -2.24. The van der Waals surface area contributed by atoms with Crippen molar-refractivity contribution in [1.29, 1.82) is 0 Å². The third-order valence-corrected chi connectivity index (χ3v) is 4.46. The van der Waals surface area contributed by atoms with E-state index in [1.807, 2.05) is 0 Å². The van der Waals surface area contributed by atoms with Gasteiger partial charge in [0.25, 0.3) is 0 Å². The van der Waals surface area contributed by atoms with Gasteiger partial charge in [-0.15, -0.1) is 0 Å². The summed E-state index contributed by atoms with van der Waals surface area (Å²) in [5.74, 6) is -0.325. The Bertz CT molecular complexity index is 752. The van der Waals surface area contributed by atoms with E-state index in [2.05, 4.69) is 15.0 Å². The van der Waals surface area contributed by atoms with Gasteiger partial charge in [0.1, 0.15) is 16.5 Å². The first kappa shape index (κ1) is 16.9. The number of nitrogens with zero attached hydrogens (tertiary/aromatic N) is 4. The number of β-amino-alcohol motifs (C(OH)–C–C–N with tert-alkyl or cyclic N) is 1. The van der Waals surface area contributed by atoms with Crippen molar-refractivity contribution in [3.8, 4) is 0 Å². The smallest absolute Gasteiger partial charge is 0.189 e. The first-order valence-electron chi connectivity index (χ1n) is 6.78. The third kappa shape index (κ3) is 3.32. The van der Waals surface area contributed by atoms with Crippen LogP contribution in [-0.4, -0.2) is 58.7 Å². The number of hydrogen-bond donors (Lipinski definition) is 1. The normalized spacial score (nSPS) is 19.2. The molecule has 23 heavy (non-hydrogen) atoms. The summed E-state index contributed by atoms with van der Waals surface area (Å²) < 4.78 is 19.7. The Morgan fingerprint density at radius 1 is 1.30 bits per heavy atom. The van der Waals surface area contributed by atoms with E-state index < -0.39 is 11.9 Å². The van der Waals surface area contributed by atoms with Crippen molar-refractivity contribution in [1.82, 2.24) is 15.0 Å². The van der Waals surface area contributed by atoms with Crippen molar-refractivity contribution in [2.24, 2.45) is 0 Å². The number of fused-ring (bicyclic) bond motifs is 1. The first-order chi connectivity index (χ1) is 11.0. The van der Waals surface area contributed by atoms with Crippen LogP contribution >= 0.6 is 35.0 Å². The second-order valence-corrected chi connectivity index (χ2v) is 6.43. The largest absolute Gasteiger partial charge is 0.389 e. The summed E-state index contributed by atoms with van der Waals surface area (Å²) in [4.78, 5) is 14.2. The lowest BCUT2D eigenvalue weighted by atomic mass is 10.2. The molecule has 1 saturated heterocycles. The fraction of sp³-hybridized carbons (Fsp3) is 0.462. The molecule has 0 amide bonds. The summed E-state index contributed by atoms with van der Waals surface area (Å²) >= 11 is 13.2. The molecule has 2 aromatic rings. The van der Waals surface area contributed by atoms with E-state index in [9.17, 15) is 9.50 Å². The molecule has 124 valence electrons. The van der Waals surface area contributed by atoms with Crippen LogP contribution in [0.15, 0.2) is 5.16 Å². The van der Waals surface area contributed by atoms with Gasteiger partial charge in [0.15, 0.2) is 16.1 Å². The topological polar surface area (TPSA) is 71.4 Å².